The summed E-state index contributed by atoms with van der Waals surface area (Å²) in [5.41, 5.74) is 3.73. The van der Waals surface area contributed by atoms with E-state index < -0.39 is 0 Å². The van der Waals surface area contributed by atoms with E-state index in [-0.39, 0.29) is 18.2 Å². The number of aryl methyl sites for hydroxylation is 1. The van der Waals surface area contributed by atoms with Crippen molar-refractivity contribution in [1.82, 2.24) is 15.0 Å². The van der Waals surface area contributed by atoms with Crippen LogP contribution in [0.15, 0.2) is 48.8 Å². The molecule has 1 aliphatic heterocycles. The fraction of sp³-hybridized carbons (Fsp3) is 0.292. The van der Waals surface area contributed by atoms with Crippen LogP contribution >= 0.6 is 0 Å². The third kappa shape index (κ3) is 5.89. The van der Waals surface area contributed by atoms with Gasteiger partial charge in [0.15, 0.2) is 5.82 Å². The van der Waals surface area contributed by atoms with Gasteiger partial charge in [0.2, 0.25) is 0 Å². The molecule has 0 aliphatic carbocycles. The summed E-state index contributed by atoms with van der Waals surface area (Å²) in [4.78, 5) is 39.1. The number of nitrogens with zero attached hydrogens (tertiary/aromatic N) is 4. The Kier molecular flexibility index (Phi) is 6.89. The smallest absolute Gasteiger partial charge is 0.323 e. The van der Waals surface area contributed by atoms with Crippen molar-refractivity contribution in [1.29, 1.82) is 0 Å². The molecule has 1 fully saturated rings. The van der Waals surface area contributed by atoms with E-state index in [4.69, 9.17) is 9.72 Å². The van der Waals surface area contributed by atoms with Gasteiger partial charge in [0.25, 0.3) is 0 Å². The van der Waals surface area contributed by atoms with Gasteiger partial charge in [-0.1, -0.05) is 0 Å². The van der Waals surface area contributed by atoms with Crippen molar-refractivity contribution in [2.75, 3.05) is 41.8 Å². The maximum absolute atomic E-state index is 12.3. The molecule has 4 rings (SSSR count). The van der Waals surface area contributed by atoms with Crippen LogP contribution in [0.2, 0.25) is 0 Å². The maximum Gasteiger partial charge on any atom is 0.323 e. The Hall–Kier alpha value is -3.85. The molecule has 0 radical (unpaired) electrons. The Morgan fingerprint density at radius 3 is 2.33 bits per heavy atom. The lowest BCUT2D eigenvalue weighted by atomic mass is 10.2. The average molecular weight is 447 g/mol. The highest BCUT2D eigenvalue weighted by atomic mass is 16.5. The third-order valence-corrected chi connectivity index (χ3v) is 5.17. The van der Waals surface area contributed by atoms with E-state index in [1.54, 1.807) is 24.3 Å². The summed E-state index contributed by atoms with van der Waals surface area (Å²) in [5.74, 6) is 1.60. The maximum atomic E-state index is 12.3. The number of ether oxygens (including phenoxy) is 1. The summed E-state index contributed by atoms with van der Waals surface area (Å²) in [6, 6.07) is 10.4. The molecule has 3 heterocycles. The molecule has 1 aliphatic rings. The van der Waals surface area contributed by atoms with Gasteiger partial charge in [-0.3, -0.25) is 9.78 Å². The Morgan fingerprint density at radius 1 is 0.970 bits per heavy atom. The van der Waals surface area contributed by atoms with Gasteiger partial charge >= 0.3 is 6.03 Å². The summed E-state index contributed by atoms with van der Waals surface area (Å²) in [7, 11) is 0. The molecule has 1 saturated heterocycles. The zero-order valence-electron chi connectivity index (χ0n) is 18.7. The zero-order chi connectivity index (χ0) is 23.2. The van der Waals surface area contributed by atoms with E-state index in [9.17, 15) is 9.59 Å². The van der Waals surface area contributed by atoms with Crippen LogP contribution in [0.3, 0.4) is 0 Å². The van der Waals surface area contributed by atoms with Gasteiger partial charge in [-0.25, -0.2) is 14.8 Å². The molecule has 0 atom stereocenters. The molecule has 0 bridgehead atoms. The number of amides is 2. The lowest BCUT2D eigenvalue weighted by Crippen LogP contribution is -2.37. The standard InChI is InChI=1S/C24H26N6O3/c1-16-14-26-22(29-23(16)30-9-11-33-12-10-30)18-3-5-19(6-4-18)27-24(32)28-21-8-7-20(25-15-21)13-17(2)31/h3-8,14-15H,9-13H2,1-2H3,(H2,27,28,32). The number of carbonyl (C=O) groups excluding carboxylic acids is 2. The monoisotopic (exact) mass is 446 g/mol. The summed E-state index contributed by atoms with van der Waals surface area (Å²) in [6.45, 7) is 6.53. The number of anilines is 3. The van der Waals surface area contributed by atoms with Crippen molar-refractivity contribution in [3.63, 3.8) is 0 Å². The molecule has 0 saturated carbocycles. The van der Waals surface area contributed by atoms with E-state index in [0.29, 0.717) is 36.1 Å². The van der Waals surface area contributed by atoms with Crippen LogP contribution in [-0.4, -0.2) is 53.1 Å². The van der Waals surface area contributed by atoms with E-state index in [0.717, 1.165) is 30.0 Å². The number of nitrogens with one attached hydrogen (secondary N) is 2. The predicted molar refractivity (Wildman–Crippen MR) is 127 cm³/mol. The zero-order valence-corrected chi connectivity index (χ0v) is 18.7. The highest BCUT2D eigenvalue weighted by Crippen LogP contribution is 2.24. The van der Waals surface area contributed by atoms with Gasteiger partial charge in [0.05, 0.1) is 25.1 Å². The van der Waals surface area contributed by atoms with Crippen LogP contribution in [0.4, 0.5) is 22.0 Å². The molecule has 170 valence electrons. The fourth-order valence-corrected chi connectivity index (χ4v) is 3.52. The minimum atomic E-state index is -0.384. The molecular formula is C24H26N6O3. The molecule has 2 amide bonds. The highest BCUT2D eigenvalue weighted by molar-refractivity contribution is 5.99. The van der Waals surface area contributed by atoms with Crippen LogP contribution < -0.4 is 15.5 Å². The van der Waals surface area contributed by atoms with Crippen LogP contribution in [0.1, 0.15) is 18.2 Å². The van der Waals surface area contributed by atoms with Crippen molar-refractivity contribution >= 4 is 29.0 Å². The molecule has 1 aromatic carbocycles. The molecule has 3 aromatic rings. The van der Waals surface area contributed by atoms with E-state index in [2.05, 4.69) is 25.5 Å². The van der Waals surface area contributed by atoms with Crippen molar-refractivity contribution in [2.45, 2.75) is 20.3 Å². The minimum absolute atomic E-state index is 0.0396. The number of hydrogen-bond acceptors (Lipinski definition) is 7. The normalized spacial score (nSPS) is 13.5. The van der Waals surface area contributed by atoms with Crippen molar-refractivity contribution in [3.05, 3.63) is 60.0 Å². The molecule has 2 aromatic heterocycles. The number of benzene rings is 1. The first-order valence-electron chi connectivity index (χ1n) is 10.8. The Labute approximate surface area is 192 Å². The van der Waals surface area contributed by atoms with Gasteiger partial charge in [-0.15, -0.1) is 0 Å². The number of ketones is 1. The summed E-state index contributed by atoms with van der Waals surface area (Å²) < 4.78 is 5.44. The summed E-state index contributed by atoms with van der Waals surface area (Å²) in [5, 5.41) is 5.52. The minimum Gasteiger partial charge on any atom is -0.378 e. The fourth-order valence-electron chi connectivity index (χ4n) is 3.52. The van der Waals surface area contributed by atoms with Gasteiger partial charge in [-0.05, 0) is 50.2 Å². The average Bonchev–Trinajstić information content (AvgIpc) is 2.81. The first kappa shape index (κ1) is 22.3. The van der Waals surface area contributed by atoms with Gasteiger partial charge in [0.1, 0.15) is 11.6 Å². The number of hydrogen-bond donors (Lipinski definition) is 2. The van der Waals surface area contributed by atoms with Crippen molar-refractivity contribution < 1.29 is 14.3 Å². The number of pyridine rings is 1. The predicted octanol–water partition coefficient (Wildman–Crippen LogP) is 3.46. The van der Waals surface area contributed by atoms with Gasteiger partial charge in [-0.2, -0.15) is 0 Å². The quantitative estimate of drug-likeness (QED) is 0.597. The topological polar surface area (TPSA) is 109 Å². The number of morpholine rings is 1. The van der Waals surface area contributed by atoms with Crippen LogP contribution in [-0.2, 0) is 16.0 Å². The molecular weight excluding hydrogens is 420 g/mol. The first-order valence-corrected chi connectivity index (χ1v) is 10.8. The number of urea groups is 1. The Morgan fingerprint density at radius 2 is 1.67 bits per heavy atom. The van der Waals surface area contributed by atoms with Crippen LogP contribution in [0.5, 0.6) is 0 Å². The second-order valence-corrected chi connectivity index (χ2v) is 7.87. The summed E-state index contributed by atoms with van der Waals surface area (Å²) in [6.07, 6.45) is 3.64. The van der Waals surface area contributed by atoms with Gasteiger partial charge < -0.3 is 20.3 Å². The van der Waals surface area contributed by atoms with E-state index in [1.807, 2.05) is 25.3 Å². The molecule has 0 spiro atoms. The summed E-state index contributed by atoms with van der Waals surface area (Å²) >= 11 is 0. The molecule has 9 nitrogen and oxygen atoms in total. The van der Waals surface area contributed by atoms with Crippen LogP contribution in [0, 0.1) is 6.92 Å². The first-order chi connectivity index (χ1) is 16.0. The highest BCUT2D eigenvalue weighted by Gasteiger charge is 2.16. The number of Topliss-reactive ketones (excluding diaryl/α,β-unsaturated/α-hetero) is 1. The van der Waals surface area contributed by atoms with E-state index in [1.165, 1.54) is 13.1 Å². The number of rotatable bonds is 6. The molecule has 2 N–H and O–H groups in total. The molecule has 33 heavy (non-hydrogen) atoms. The SMILES string of the molecule is CC(=O)Cc1ccc(NC(=O)Nc2ccc(-c3ncc(C)c(N4CCOCC4)n3)cc2)cn1. The molecule has 0 unspecified atom stereocenters. The second kappa shape index (κ2) is 10.2. The van der Waals surface area contributed by atoms with Crippen LogP contribution in [0.25, 0.3) is 11.4 Å². The van der Waals surface area contributed by atoms with Crippen molar-refractivity contribution in [2.24, 2.45) is 0 Å². The van der Waals surface area contributed by atoms with Gasteiger partial charge in [0, 0.05) is 48.2 Å². The molecule has 9 heteroatoms. The lowest BCUT2D eigenvalue weighted by molar-refractivity contribution is -0.116. The number of aromatic nitrogens is 3. The van der Waals surface area contributed by atoms with E-state index >= 15 is 0 Å². The second-order valence-electron chi connectivity index (χ2n) is 7.87. The lowest BCUT2D eigenvalue weighted by Gasteiger charge is -2.29. The van der Waals surface area contributed by atoms with Crippen molar-refractivity contribution in [3.8, 4) is 11.4 Å². The Balaban J connectivity index is 1.39. The Bertz CT molecular complexity index is 1130. The largest absolute Gasteiger partial charge is 0.378 e. The number of carbonyl (C=O) groups is 2. The third-order valence-electron chi connectivity index (χ3n) is 5.17.